The van der Waals surface area contributed by atoms with Gasteiger partial charge in [-0.25, -0.2) is 9.59 Å². The molecule has 0 fully saturated rings. The number of hydrogen-bond acceptors (Lipinski definition) is 4. The Balaban J connectivity index is 2.06. The molecule has 20 heavy (non-hydrogen) atoms. The van der Waals surface area contributed by atoms with Crippen LogP contribution in [0.25, 0.3) is 0 Å². The number of amides is 2. The number of ether oxygens (including phenoxy) is 1. The van der Waals surface area contributed by atoms with Crippen molar-refractivity contribution in [2.24, 2.45) is 0 Å². The smallest absolute Gasteiger partial charge is 0.333 e. The molecule has 0 unspecified atom stereocenters. The lowest BCUT2D eigenvalue weighted by molar-refractivity contribution is -0.138. The summed E-state index contributed by atoms with van der Waals surface area (Å²) in [6, 6.07) is 5.34. The Morgan fingerprint density at radius 3 is 2.70 bits per heavy atom. The number of esters is 1. The molecule has 0 aliphatic carbocycles. The van der Waals surface area contributed by atoms with Gasteiger partial charge in [-0.3, -0.25) is 4.98 Å². The second-order valence-corrected chi connectivity index (χ2v) is 4.17. The largest absolute Gasteiger partial charge is 0.460 e. The van der Waals surface area contributed by atoms with Crippen LogP contribution < -0.4 is 10.6 Å². The predicted octanol–water partition coefficient (Wildman–Crippen LogP) is 1.04. The van der Waals surface area contributed by atoms with Crippen LogP contribution in [0.2, 0.25) is 0 Å². The summed E-state index contributed by atoms with van der Waals surface area (Å²) in [5.41, 5.74) is 1.26. The van der Waals surface area contributed by atoms with Crippen LogP contribution in [0.3, 0.4) is 0 Å². The molecule has 108 valence electrons. The molecule has 1 rings (SSSR count). The van der Waals surface area contributed by atoms with Crippen molar-refractivity contribution in [3.8, 4) is 0 Å². The molecule has 0 radical (unpaired) electrons. The number of carbonyl (C=O) groups is 2. The minimum absolute atomic E-state index is 0.124. The number of pyridine rings is 1. The molecular formula is C14H19N3O3. The zero-order chi connectivity index (χ0) is 14.8. The minimum Gasteiger partial charge on any atom is -0.460 e. The first kappa shape index (κ1) is 15.7. The van der Waals surface area contributed by atoms with E-state index in [0.717, 1.165) is 5.69 Å². The zero-order valence-electron chi connectivity index (χ0n) is 11.5. The molecule has 1 aromatic rings. The molecule has 0 saturated carbocycles. The van der Waals surface area contributed by atoms with Gasteiger partial charge in [0.2, 0.25) is 0 Å². The Bertz CT molecular complexity index is 460. The van der Waals surface area contributed by atoms with E-state index in [1.165, 1.54) is 0 Å². The Kier molecular flexibility index (Phi) is 6.81. The quantitative estimate of drug-likeness (QED) is 0.443. The number of aromatic nitrogens is 1. The van der Waals surface area contributed by atoms with Crippen LogP contribution in [0.4, 0.5) is 4.79 Å². The van der Waals surface area contributed by atoms with E-state index in [0.29, 0.717) is 18.5 Å². The summed E-state index contributed by atoms with van der Waals surface area (Å²) >= 11 is 0. The van der Waals surface area contributed by atoms with E-state index >= 15 is 0 Å². The highest BCUT2D eigenvalue weighted by Crippen LogP contribution is 1.93. The highest BCUT2D eigenvalue weighted by atomic mass is 16.5. The Labute approximate surface area is 118 Å². The Hall–Kier alpha value is -2.37. The van der Waals surface area contributed by atoms with Gasteiger partial charge in [0, 0.05) is 30.4 Å². The zero-order valence-corrected chi connectivity index (χ0v) is 11.5. The molecule has 0 aliphatic rings. The van der Waals surface area contributed by atoms with Crippen LogP contribution >= 0.6 is 0 Å². The van der Waals surface area contributed by atoms with Gasteiger partial charge in [0.15, 0.2) is 0 Å². The average Bonchev–Trinajstić information content (AvgIpc) is 2.44. The summed E-state index contributed by atoms with van der Waals surface area (Å²) in [6.07, 6.45) is 2.38. The van der Waals surface area contributed by atoms with Gasteiger partial charge in [-0.1, -0.05) is 12.6 Å². The fourth-order valence-corrected chi connectivity index (χ4v) is 1.34. The molecule has 0 aromatic carbocycles. The maximum Gasteiger partial charge on any atom is 0.333 e. The molecule has 0 aliphatic heterocycles. The first-order valence-corrected chi connectivity index (χ1v) is 6.34. The van der Waals surface area contributed by atoms with Crippen molar-refractivity contribution < 1.29 is 14.3 Å². The van der Waals surface area contributed by atoms with Crippen LogP contribution in [0.1, 0.15) is 12.6 Å². The van der Waals surface area contributed by atoms with E-state index in [1.807, 2.05) is 18.2 Å². The van der Waals surface area contributed by atoms with Crippen LogP contribution in [-0.4, -0.2) is 36.7 Å². The van der Waals surface area contributed by atoms with E-state index in [2.05, 4.69) is 22.2 Å². The molecule has 6 nitrogen and oxygen atoms in total. The topological polar surface area (TPSA) is 80.3 Å². The molecule has 0 spiro atoms. The molecule has 0 atom stereocenters. The molecule has 1 heterocycles. The maximum atomic E-state index is 11.4. The average molecular weight is 277 g/mol. The van der Waals surface area contributed by atoms with Crippen molar-refractivity contribution in [3.63, 3.8) is 0 Å². The second-order valence-electron chi connectivity index (χ2n) is 4.17. The van der Waals surface area contributed by atoms with Crippen LogP contribution in [0.5, 0.6) is 0 Å². The van der Waals surface area contributed by atoms with Gasteiger partial charge in [-0.2, -0.15) is 0 Å². The van der Waals surface area contributed by atoms with Crippen LogP contribution in [-0.2, 0) is 16.0 Å². The SMILES string of the molecule is C=C(C)C(=O)OCCNC(=O)NCCc1ccccn1. The Morgan fingerprint density at radius 1 is 1.30 bits per heavy atom. The molecule has 6 heteroatoms. The van der Waals surface area contributed by atoms with Crippen molar-refractivity contribution in [2.75, 3.05) is 19.7 Å². The van der Waals surface area contributed by atoms with Gasteiger partial charge < -0.3 is 15.4 Å². The number of carbonyl (C=O) groups excluding carboxylic acids is 2. The fraction of sp³-hybridized carbons (Fsp3) is 0.357. The molecule has 2 amide bonds. The van der Waals surface area contributed by atoms with Crippen molar-refractivity contribution in [1.82, 2.24) is 15.6 Å². The number of nitrogens with one attached hydrogen (secondary N) is 2. The minimum atomic E-state index is -0.456. The van der Waals surface area contributed by atoms with Crippen molar-refractivity contribution >= 4 is 12.0 Å². The van der Waals surface area contributed by atoms with Crippen molar-refractivity contribution in [3.05, 3.63) is 42.2 Å². The van der Waals surface area contributed by atoms with E-state index in [1.54, 1.807) is 13.1 Å². The highest BCUT2D eigenvalue weighted by molar-refractivity contribution is 5.86. The van der Waals surface area contributed by atoms with Crippen LogP contribution in [0.15, 0.2) is 36.5 Å². The number of nitrogens with zero attached hydrogens (tertiary/aromatic N) is 1. The highest BCUT2D eigenvalue weighted by Gasteiger charge is 2.03. The van der Waals surface area contributed by atoms with E-state index < -0.39 is 5.97 Å². The lowest BCUT2D eigenvalue weighted by Crippen LogP contribution is -2.38. The third-order valence-electron chi connectivity index (χ3n) is 2.36. The summed E-state index contributed by atoms with van der Waals surface area (Å²) in [4.78, 5) is 26.6. The maximum absolute atomic E-state index is 11.4. The summed E-state index contributed by atoms with van der Waals surface area (Å²) in [5, 5.41) is 5.28. The predicted molar refractivity (Wildman–Crippen MR) is 75.1 cm³/mol. The molecule has 2 N–H and O–H groups in total. The molecule has 0 bridgehead atoms. The Morgan fingerprint density at radius 2 is 2.05 bits per heavy atom. The van der Waals surface area contributed by atoms with E-state index in [9.17, 15) is 9.59 Å². The van der Waals surface area contributed by atoms with Gasteiger partial charge in [0.05, 0.1) is 6.54 Å². The van der Waals surface area contributed by atoms with Gasteiger partial charge in [-0.05, 0) is 19.1 Å². The standard InChI is InChI=1S/C14H19N3O3/c1-11(2)13(18)20-10-9-17-14(19)16-8-6-12-5-3-4-7-15-12/h3-5,7H,1,6,8-10H2,2H3,(H2,16,17,19). The van der Waals surface area contributed by atoms with Crippen LogP contribution in [0, 0.1) is 0 Å². The van der Waals surface area contributed by atoms with E-state index in [-0.39, 0.29) is 19.2 Å². The lowest BCUT2D eigenvalue weighted by Gasteiger charge is -2.08. The van der Waals surface area contributed by atoms with E-state index in [4.69, 9.17) is 4.74 Å². The third kappa shape index (κ3) is 6.53. The summed E-state index contributed by atoms with van der Waals surface area (Å²) in [6.45, 7) is 5.90. The normalized spacial score (nSPS) is 9.65. The molecular weight excluding hydrogens is 258 g/mol. The number of hydrogen-bond donors (Lipinski definition) is 2. The molecule has 0 saturated heterocycles. The monoisotopic (exact) mass is 277 g/mol. The van der Waals surface area contributed by atoms with Crippen molar-refractivity contribution in [2.45, 2.75) is 13.3 Å². The first-order valence-electron chi connectivity index (χ1n) is 6.34. The van der Waals surface area contributed by atoms with Gasteiger partial charge in [-0.15, -0.1) is 0 Å². The number of rotatable bonds is 7. The number of urea groups is 1. The first-order chi connectivity index (χ1) is 9.59. The summed E-state index contributed by atoms with van der Waals surface area (Å²) in [5.74, 6) is -0.456. The summed E-state index contributed by atoms with van der Waals surface area (Å²) < 4.78 is 4.84. The lowest BCUT2D eigenvalue weighted by atomic mass is 10.3. The van der Waals surface area contributed by atoms with Crippen molar-refractivity contribution in [1.29, 1.82) is 0 Å². The third-order valence-corrected chi connectivity index (χ3v) is 2.36. The van der Waals surface area contributed by atoms with Gasteiger partial charge >= 0.3 is 12.0 Å². The molecule has 1 aromatic heterocycles. The fourth-order valence-electron chi connectivity index (χ4n) is 1.34. The second kappa shape index (κ2) is 8.68. The van der Waals surface area contributed by atoms with Gasteiger partial charge in [0.1, 0.15) is 6.61 Å². The summed E-state index contributed by atoms with van der Waals surface area (Å²) in [7, 11) is 0. The van der Waals surface area contributed by atoms with Gasteiger partial charge in [0.25, 0.3) is 0 Å².